The average molecular weight is 1190 g/mol. The van der Waals surface area contributed by atoms with Crippen LogP contribution in [0, 0.1) is 12.3 Å². The molecule has 5 heterocycles. The second-order valence-corrected chi connectivity index (χ2v) is 23.8. The number of aliphatic hydroxyl groups excluding tert-OH is 1. The van der Waals surface area contributed by atoms with Gasteiger partial charge >= 0.3 is 0 Å². The topological polar surface area (TPSA) is 240 Å². The van der Waals surface area contributed by atoms with Crippen LogP contribution in [0.3, 0.4) is 0 Å². The minimum Gasteiger partial charge on any atom is -0.457 e. The molecule has 5 N–H and O–H groups in total. The molecule has 0 spiro atoms. The number of ether oxygens (including phenoxy) is 6. The normalized spacial score (nSPS) is 16.3. The van der Waals surface area contributed by atoms with Gasteiger partial charge in [0.1, 0.15) is 41.4 Å². The maximum Gasteiger partial charge on any atom is 0.246 e. The summed E-state index contributed by atoms with van der Waals surface area (Å²) in [6.45, 7) is 16.3. The minimum atomic E-state index is -0.867. The summed E-state index contributed by atoms with van der Waals surface area (Å²) in [7, 11) is 0. The molecule has 21 heteroatoms. The molecular formula is C64H88N10O10S. The van der Waals surface area contributed by atoms with Gasteiger partial charge in [-0.15, -0.1) is 11.3 Å². The standard InChI is InChI=1S/C64H88N10O10S/c1-46-58(85-45-69-46)49-20-18-47(19-21-49)42-66-62(77)54-41-51(75)43-73(54)63(78)59(64(2,3)4)70-55(76)17-11-8-14-32-80-34-36-82-38-40-83-39-37-81-35-33-79-31-13-6-5-12-28-72-29-26-50(27-30-72)74-61-56(60(65)67-44-68-61)57(71-74)48-22-24-53(25-23-48)84-52-15-9-7-10-16-52/h7,9-10,15-16,18-25,44-45,50-51,54,59,75H,5-6,8,11-14,17,26-43H2,1-4H3,(H,66,77)(H,70,76)(H2,65,67,68)/t51-,54+,59-/m1/s1. The number of β-amino-alcohol motifs (C(OH)–C–C–N with tert-alkyl or cyclic N) is 1. The fourth-order valence-corrected chi connectivity index (χ4v) is 11.5. The molecular weight excluding hydrogens is 1100 g/mol. The Labute approximate surface area is 504 Å². The van der Waals surface area contributed by atoms with E-state index in [1.165, 1.54) is 24.1 Å². The Kier molecular flexibility index (Phi) is 25.4. The smallest absolute Gasteiger partial charge is 0.246 e. The number of nitrogen functional groups attached to an aromatic ring is 1. The first-order valence-corrected chi connectivity index (χ1v) is 31.2. The summed E-state index contributed by atoms with van der Waals surface area (Å²) in [6.07, 6.45) is 9.81. The summed E-state index contributed by atoms with van der Waals surface area (Å²) in [5.41, 5.74) is 13.1. The third kappa shape index (κ3) is 19.8. The molecule has 2 saturated heterocycles. The number of anilines is 1. The zero-order valence-electron chi connectivity index (χ0n) is 50.1. The van der Waals surface area contributed by atoms with Gasteiger partial charge in [-0.3, -0.25) is 14.4 Å². The molecule has 0 unspecified atom stereocenters. The summed E-state index contributed by atoms with van der Waals surface area (Å²) in [5.74, 6) is 1.03. The van der Waals surface area contributed by atoms with Crippen molar-refractivity contribution in [3.8, 4) is 33.2 Å². The van der Waals surface area contributed by atoms with Crippen molar-refractivity contribution in [3.05, 3.63) is 102 Å². The molecule has 0 radical (unpaired) electrons. The summed E-state index contributed by atoms with van der Waals surface area (Å²) in [6, 6.07) is 24.1. The number of nitrogens with zero attached hydrogens (tertiary/aromatic N) is 7. The van der Waals surface area contributed by atoms with Gasteiger partial charge in [-0.05, 0) is 105 Å². The van der Waals surface area contributed by atoms with Crippen molar-refractivity contribution in [1.82, 2.24) is 45.2 Å². The number of carbonyl (C=O) groups is 3. The fraction of sp³-hybridized carbons (Fsp3) is 0.547. The number of benzene rings is 3. The van der Waals surface area contributed by atoms with Gasteiger partial charge in [-0.25, -0.2) is 19.6 Å². The lowest BCUT2D eigenvalue weighted by atomic mass is 9.85. The number of likely N-dealkylation sites (tertiary alicyclic amines) is 2. The highest BCUT2D eigenvalue weighted by molar-refractivity contribution is 7.13. The first kappa shape index (κ1) is 64.6. The van der Waals surface area contributed by atoms with Crippen molar-refractivity contribution in [2.24, 2.45) is 5.41 Å². The van der Waals surface area contributed by atoms with Crippen molar-refractivity contribution in [2.75, 3.05) is 98.0 Å². The molecule has 8 rings (SSSR count). The van der Waals surface area contributed by atoms with Crippen LogP contribution in [0.4, 0.5) is 5.82 Å². The van der Waals surface area contributed by atoms with E-state index < -0.39 is 23.6 Å². The van der Waals surface area contributed by atoms with E-state index >= 15 is 0 Å². The number of carbonyl (C=O) groups excluding carboxylic acids is 3. The van der Waals surface area contributed by atoms with E-state index in [9.17, 15) is 19.5 Å². The lowest BCUT2D eigenvalue weighted by molar-refractivity contribution is -0.144. The Balaban J connectivity index is 0.576. The van der Waals surface area contributed by atoms with Crippen molar-refractivity contribution in [2.45, 2.75) is 129 Å². The van der Waals surface area contributed by atoms with Gasteiger partial charge in [0, 0.05) is 57.8 Å². The highest BCUT2D eigenvalue weighted by Gasteiger charge is 2.44. The summed E-state index contributed by atoms with van der Waals surface area (Å²) < 4.78 is 36.5. The van der Waals surface area contributed by atoms with Gasteiger partial charge in [0.25, 0.3) is 0 Å². The van der Waals surface area contributed by atoms with Crippen LogP contribution in [-0.4, -0.2) is 168 Å². The number of para-hydroxylation sites is 1. The number of piperidine rings is 1. The molecule has 6 aromatic rings. The molecule has 0 saturated carbocycles. The quantitative estimate of drug-likeness (QED) is 0.0272. The largest absolute Gasteiger partial charge is 0.457 e. The molecule has 2 aliphatic rings. The lowest BCUT2D eigenvalue weighted by Gasteiger charge is -2.35. The number of nitrogens with two attached hydrogens (primary N) is 1. The third-order valence-corrected chi connectivity index (χ3v) is 16.4. The van der Waals surface area contributed by atoms with E-state index in [0.717, 1.165) is 120 Å². The molecule has 85 heavy (non-hydrogen) atoms. The van der Waals surface area contributed by atoms with Crippen LogP contribution in [0.15, 0.2) is 90.7 Å². The van der Waals surface area contributed by atoms with Gasteiger partial charge < -0.3 is 59.7 Å². The molecule has 2 aliphatic heterocycles. The molecule has 3 amide bonds. The maximum absolute atomic E-state index is 14.0. The van der Waals surface area contributed by atoms with Crippen molar-refractivity contribution in [1.29, 1.82) is 0 Å². The summed E-state index contributed by atoms with van der Waals surface area (Å²) in [5, 5.41) is 22.4. The lowest BCUT2D eigenvalue weighted by Crippen LogP contribution is -2.57. The van der Waals surface area contributed by atoms with E-state index in [2.05, 4.69) is 35.2 Å². The number of rotatable bonds is 35. The van der Waals surface area contributed by atoms with Crippen LogP contribution in [0.1, 0.15) is 109 Å². The Morgan fingerprint density at radius 1 is 0.729 bits per heavy atom. The number of aliphatic hydroxyl groups is 1. The van der Waals surface area contributed by atoms with Crippen molar-refractivity contribution >= 4 is 45.9 Å². The van der Waals surface area contributed by atoms with Crippen LogP contribution < -0.4 is 21.1 Å². The third-order valence-electron chi connectivity index (χ3n) is 15.4. The summed E-state index contributed by atoms with van der Waals surface area (Å²) in [4.78, 5) is 58.9. The van der Waals surface area contributed by atoms with Crippen LogP contribution in [-0.2, 0) is 44.6 Å². The number of unbranched alkanes of at least 4 members (excludes halogenated alkanes) is 5. The highest BCUT2D eigenvalue weighted by Crippen LogP contribution is 2.36. The monoisotopic (exact) mass is 1190 g/mol. The molecule has 460 valence electrons. The molecule has 0 bridgehead atoms. The van der Waals surface area contributed by atoms with E-state index in [1.54, 1.807) is 11.3 Å². The number of aryl methyl sites for hydroxylation is 1. The fourth-order valence-electron chi connectivity index (χ4n) is 10.7. The average Bonchev–Trinajstić information content (AvgIpc) is 2.17. The SMILES string of the molecule is Cc1ncsc1-c1ccc(CNC(=O)[C@@H]2C[C@@H](O)CN2C(=O)[C@@H](NC(=O)CCCCCOCCOCCOCCOCCOCCCCCCN2CCC(n3nc(-c4ccc(Oc5ccccc5)cc4)c4c(N)ncnc43)CC2)C(C)(C)C)cc1. The van der Waals surface area contributed by atoms with Crippen LogP contribution in [0.25, 0.3) is 32.7 Å². The Hall–Kier alpha value is -6.43. The Morgan fingerprint density at radius 2 is 1.33 bits per heavy atom. The van der Waals surface area contributed by atoms with Crippen LogP contribution in [0.2, 0.25) is 0 Å². The first-order chi connectivity index (χ1) is 41.3. The van der Waals surface area contributed by atoms with Crippen LogP contribution in [0.5, 0.6) is 11.5 Å². The number of amides is 3. The molecule has 2 fully saturated rings. The number of aromatic nitrogens is 5. The Bertz CT molecular complexity index is 2970. The zero-order chi connectivity index (χ0) is 59.8. The first-order valence-electron chi connectivity index (χ1n) is 30.3. The van der Waals surface area contributed by atoms with Gasteiger partial charge in [-0.1, -0.05) is 82.5 Å². The highest BCUT2D eigenvalue weighted by atomic mass is 32.1. The van der Waals surface area contributed by atoms with Gasteiger partial charge in [0.05, 0.1) is 86.5 Å². The number of fused-ring (bicyclic) bond motifs is 1. The van der Waals surface area contributed by atoms with Crippen molar-refractivity contribution < 1.29 is 47.9 Å². The van der Waals surface area contributed by atoms with E-state index in [0.29, 0.717) is 71.7 Å². The Morgan fingerprint density at radius 3 is 1.95 bits per heavy atom. The van der Waals surface area contributed by atoms with Crippen LogP contribution >= 0.6 is 11.3 Å². The van der Waals surface area contributed by atoms with Crippen molar-refractivity contribution in [3.63, 3.8) is 0 Å². The molecule has 3 atom stereocenters. The zero-order valence-corrected chi connectivity index (χ0v) is 50.9. The number of nitrogens with one attached hydrogen (secondary N) is 2. The number of hydrogen-bond acceptors (Lipinski definition) is 17. The predicted octanol–water partition coefficient (Wildman–Crippen LogP) is 8.95. The molecule has 3 aromatic carbocycles. The molecule has 0 aliphatic carbocycles. The predicted molar refractivity (Wildman–Crippen MR) is 329 cm³/mol. The summed E-state index contributed by atoms with van der Waals surface area (Å²) >= 11 is 1.58. The maximum atomic E-state index is 14.0. The van der Waals surface area contributed by atoms with E-state index in [1.807, 2.05) is 112 Å². The molecule has 20 nitrogen and oxygen atoms in total. The van der Waals surface area contributed by atoms with Gasteiger partial charge in [0.15, 0.2) is 5.65 Å². The second kappa shape index (κ2) is 33.5. The second-order valence-electron chi connectivity index (χ2n) is 23.0. The number of hydrogen-bond donors (Lipinski definition) is 4. The van der Waals surface area contributed by atoms with E-state index in [4.69, 9.17) is 39.3 Å². The van der Waals surface area contributed by atoms with E-state index in [-0.39, 0.29) is 49.7 Å². The van der Waals surface area contributed by atoms with Gasteiger partial charge in [0.2, 0.25) is 17.7 Å². The minimum absolute atomic E-state index is 0.0243. The van der Waals surface area contributed by atoms with Gasteiger partial charge in [-0.2, -0.15) is 5.10 Å². The molecule has 3 aromatic heterocycles. The number of thiazole rings is 1.